The Kier molecular flexibility index (Phi) is 6.56. The summed E-state index contributed by atoms with van der Waals surface area (Å²) >= 11 is 0. The smallest absolute Gasteiger partial charge is 0.261 e. The van der Waals surface area contributed by atoms with Crippen LogP contribution in [0.2, 0.25) is 0 Å². The molecular weight excluding hydrogens is 392 g/mol. The van der Waals surface area contributed by atoms with Crippen molar-refractivity contribution < 1.29 is 22.4 Å². The molecule has 0 fully saturated rings. The lowest BCUT2D eigenvalue weighted by Gasteiger charge is -2.10. The van der Waals surface area contributed by atoms with Crippen LogP contribution in [0.1, 0.15) is 23.0 Å². The number of carbonyl (C=O) groups excluding carboxylic acids is 1. The topological polar surface area (TPSA) is 97.6 Å². The number of furan rings is 1. The van der Waals surface area contributed by atoms with Crippen molar-refractivity contribution in [1.82, 2.24) is 5.32 Å². The van der Waals surface area contributed by atoms with Crippen LogP contribution in [0.4, 0.5) is 5.69 Å². The van der Waals surface area contributed by atoms with Gasteiger partial charge >= 0.3 is 0 Å². The number of hydrogen-bond acceptors (Lipinski definition) is 5. The van der Waals surface area contributed by atoms with E-state index in [1.165, 1.54) is 12.1 Å². The molecule has 152 valence electrons. The first-order chi connectivity index (χ1) is 14.0. The highest BCUT2D eigenvalue weighted by atomic mass is 32.2. The zero-order chi connectivity index (χ0) is 20.7. The second-order valence-electron chi connectivity index (χ2n) is 6.17. The lowest BCUT2D eigenvalue weighted by atomic mass is 10.2. The first kappa shape index (κ1) is 20.5. The van der Waals surface area contributed by atoms with E-state index in [9.17, 15) is 13.2 Å². The lowest BCUT2D eigenvalue weighted by Crippen LogP contribution is -2.25. The molecule has 0 atom stereocenters. The van der Waals surface area contributed by atoms with Crippen molar-refractivity contribution in [2.75, 3.05) is 17.9 Å². The van der Waals surface area contributed by atoms with Crippen LogP contribution in [0, 0.1) is 0 Å². The van der Waals surface area contributed by atoms with Gasteiger partial charge in [-0.05, 0) is 67.6 Å². The van der Waals surface area contributed by atoms with Crippen molar-refractivity contribution in [3.8, 4) is 5.75 Å². The highest BCUT2D eigenvalue weighted by molar-refractivity contribution is 7.92. The summed E-state index contributed by atoms with van der Waals surface area (Å²) in [5, 5.41) is 2.80. The van der Waals surface area contributed by atoms with Gasteiger partial charge in [0.1, 0.15) is 11.5 Å². The van der Waals surface area contributed by atoms with Crippen LogP contribution >= 0.6 is 0 Å². The summed E-state index contributed by atoms with van der Waals surface area (Å²) in [4.78, 5) is 12.3. The molecule has 0 saturated heterocycles. The van der Waals surface area contributed by atoms with Crippen LogP contribution in [0.25, 0.3) is 0 Å². The van der Waals surface area contributed by atoms with Crippen molar-refractivity contribution in [3.63, 3.8) is 0 Å². The molecule has 29 heavy (non-hydrogen) atoms. The van der Waals surface area contributed by atoms with Gasteiger partial charge in [0.05, 0.1) is 17.8 Å². The van der Waals surface area contributed by atoms with Gasteiger partial charge in [0.2, 0.25) is 0 Å². The largest absolute Gasteiger partial charge is 0.494 e. The van der Waals surface area contributed by atoms with Crippen LogP contribution < -0.4 is 14.8 Å². The molecule has 1 aromatic heterocycles. The van der Waals surface area contributed by atoms with Gasteiger partial charge in [-0.25, -0.2) is 8.42 Å². The minimum atomic E-state index is -3.73. The average Bonchev–Trinajstić information content (AvgIpc) is 3.22. The maximum absolute atomic E-state index is 12.5. The first-order valence-corrected chi connectivity index (χ1v) is 10.6. The maximum atomic E-state index is 12.5. The fourth-order valence-electron chi connectivity index (χ4n) is 2.64. The zero-order valence-corrected chi connectivity index (χ0v) is 16.7. The Morgan fingerprint density at radius 3 is 2.38 bits per heavy atom. The molecule has 2 aromatic carbocycles. The molecule has 2 N–H and O–H groups in total. The van der Waals surface area contributed by atoms with E-state index in [0.717, 1.165) is 5.76 Å². The normalized spacial score (nSPS) is 11.1. The molecule has 0 aliphatic rings. The molecule has 0 aliphatic heterocycles. The van der Waals surface area contributed by atoms with Gasteiger partial charge in [0.25, 0.3) is 15.9 Å². The molecule has 1 heterocycles. The zero-order valence-electron chi connectivity index (χ0n) is 15.9. The minimum absolute atomic E-state index is 0.126. The number of nitrogens with one attached hydrogen (secondary N) is 2. The van der Waals surface area contributed by atoms with Gasteiger partial charge < -0.3 is 14.5 Å². The van der Waals surface area contributed by atoms with E-state index >= 15 is 0 Å². The second kappa shape index (κ2) is 9.29. The van der Waals surface area contributed by atoms with E-state index in [-0.39, 0.29) is 10.8 Å². The molecule has 3 aromatic rings. The van der Waals surface area contributed by atoms with Crippen molar-refractivity contribution >= 4 is 21.6 Å². The fraction of sp³-hybridized carbons (Fsp3) is 0.190. The van der Waals surface area contributed by atoms with Crippen molar-refractivity contribution in [1.29, 1.82) is 0 Å². The second-order valence-corrected chi connectivity index (χ2v) is 7.85. The van der Waals surface area contributed by atoms with E-state index < -0.39 is 10.0 Å². The molecule has 0 spiro atoms. The van der Waals surface area contributed by atoms with Crippen molar-refractivity contribution in [2.24, 2.45) is 0 Å². The predicted molar refractivity (Wildman–Crippen MR) is 110 cm³/mol. The Labute approximate surface area is 169 Å². The minimum Gasteiger partial charge on any atom is -0.494 e. The highest BCUT2D eigenvalue weighted by Gasteiger charge is 2.15. The van der Waals surface area contributed by atoms with E-state index in [0.29, 0.717) is 36.6 Å². The van der Waals surface area contributed by atoms with E-state index in [2.05, 4.69) is 10.0 Å². The van der Waals surface area contributed by atoms with E-state index in [4.69, 9.17) is 9.15 Å². The summed E-state index contributed by atoms with van der Waals surface area (Å²) in [6.45, 7) is 2.81. The number of hydrogen-bond donors (Lipinski definition) is 2. The van der Waals surface area contributed by atoms with Crippen LogP contribution in [-0.4, -0.2) is 27.5 Å². The maximum Gasteiger partial charge on any atom is 0.261 e. The first-order valence-electron chi connectivity index (χ1n) is 9.14. The molecule has 0 radical (unpaired) electrons. The van der Waals surface area contributed by atoms with Gasteiger partial charge in [0, 0.05) is 24.2 Å². The fourth-order valence-corrected chi connectivity index (χ4v) is 3.70. The molecule has 0 aliphatic carbocycles. The number of sulfonamides is 1. The SMILES string of the molecule is CCOc1ccc(S(=O)(=O)Nc2ccc(C(=O)NCCc3ccco3)cc2)cc1. The quantitative estimate of drug-likeness (QED) is 0.559. The Hall–Kier alpha value is -3.26. The van der Waals surface area contributed by atoms with Gasteiger partial charge in [-0.1, -0.05) is 0 Å². The Balaban J connectivity index is 1.58. The summed E-state index contributed by atoms with van der Waals surface area (Å²) in [5.74, 6) is 1.16. The third-order valence-electron chi connectivity index (χ3n) is 4.08. The van der Waals surface area contributed by atoms with Crippen molar-refractivity contribution in [2.45, 2.75) is 18.2 Å². The lowest BCUT2D eigenvalue weighted by molar-refractivity contribution is 0.0953. The number of amides is 1. The van der Waals surface area contributed by atoms with Gasteiger partial charge in [-0.2, -0.15) is 0 Å². The molecule has 0 unspecified atom stereocenters. The standard InChI is InChI=1S/C21H22N2O5S/c1-2-27-19-9-11-20(12-10-19)29(25,26)23-17-7-5-16(6-8-17)21(24)22-14-13-18-4-3-15-28-18/h3-12,15,23H,2,13-14H2,1H3,(H,22,24). The van der Waals surface area contributed by atoms with Crippen LogP contribution in [0.5, 0.6) is 5.75 Å². The molecular formula is C21H22N2O5S. The summed E-state index contributed by atoms with van der Waals surface area (Å²) in [6, 6.07) is 16.0. The Morgan fingerprint density at radius 1 is 1.03 bits per heavy atom. The Bertz CT molecular complexity index is 1030. The number of carbonyl (C=O) groups is 1. The summed E-state index contributed by atoms with van der Waals surface area (Å²) < 4.78 is 38.0. The van der Waals surface area contributed by atoms with Crippen molar-refractivity contribution in [3.05, 3.63) is 78.3 Å². The third-order valence-corrected chi connectivity index (χ3v) is 5.48. The molecule has 8 heteroatoms. The number of benzene rings is 2. The van der Waals surface area contributed by atoms with Crippen LogP contribution in [-0.2, 0) is 16.4 Å². The number of anilines is 1. The summed E-state index contributed by atoms with van der Waals surface area (Å²) in [6.07, 6.45) is 2.18. The number of rotatable bonds is 9. The third kappa shape index (κ3) is 5.61. The molecule has 7 nitrogen and oxygen atoms in total. The molecule has 0 bridgehead atoms. The van der Waals surface area contributed by atoms with E-state index in [1.54, 1.807) is 48.7 Å². The Morgan fingerprint density at radius 2 is 1.76 bits per heavy atom. The van der Waals surface area contributed by atoms with E-state index in [1.807, 2.05) is 13.0 Å². The average molecular weight is 414 g/mol. The monoisotopic (exact) mass is 414 g/mol. The van der Waals surface area contributed by atoms with Crippen LogP contribution in [0.3, 0.4) is 0 Å². The molecule has 1 amide bonds. The summed E-state index contributed by atoms with van der Waals surface area (Å²) in [7, 11) is -3.73. The molecule has 0 saturated carbocycles. The number of ether oxygens (including phenoxy) is 1. The predicted octanol–water partition coefficient (Wildman–Crippen LogP) is 3.45. The highest BCUT2D eigenvalue weighted by Crippen LogP contribution is 2.19. The van der Waals surface area contributed by atoms with Crippen LogP contribution in [0.15, 0.2) is 76.2 Å². The molecule has 3 rings (SSSR count). The summed E-state index contributed by atoms with van der Waals surface area (Å²) in [5.41, 5.74) is 0.805. The van der Waals surface area contributed by atoms with Gasteiger partial charge in [0.15, 0.2) is 0 Å². The van der Waals surface area contributed by atoms with Gasteiger partial charge in [-0.15, -0.1) is 0 Å². The van der Waals surface area contributed by atoms with Gasteiger partial charge in [-0.3, -0.25) is 9.52 Å².